The largest absolute Gasteiger partial charge is 0.322 e. The van der Waals surface area contributed by atoms with Crippen molar-refractivity contribution in [1.82, 2.24) is 0 Å². The second kappa shape index (κ2) is 2.07. The monoisotopic (exact) mass is 114 g/mol. The molecule has 0 aromatic rings. The van der Waals surface area contributed by atoms with E-state index in [-0.39, 0.29) is 5.54 Å². The zero-order chi connectivity index (χ0) is 5.11. The molecule has 1 aliphatic carbocycles. The van der Waals surface area contributed by atoms with Gasteiger partial charge in [-0.2, -0.15) is 0 Å². The summed E-state index contributed by atoms with van der Waals surface area (Å²) in [5.41, 5.74) is 0.208. The first kappa shape index (κ1) is 4.78. The van der Waals surface area contributed by atoms with Crippen LogP contribution < -0.4 is 0 Å². The minimum Gasteiger partial charge on any atom is -0.322 e. The smallest absolute Gasteiger partial charge is 0.227 e. The molecule has 0 amide bonds. The molecule has 0 fully saturated rings. The summed E-state index contributed by atoms with van der Waals surface area (Å²) in [6, 6.07) is 0. The highest BCUT2D eigenvalue weighted by Gasteiger charge is 2.00. The van der Waals surface area contributed by atoms with Crippen LogP contribution in [0.4, 0.5) is 4.11 Å². The molecule has 0 radical (unpaired) electrons. The Morgan fingerprint density at radius 2 is 1.86 bits per heavy atom. The second-order valence-corrected chi connectivity index (χ2v) is 2.84. The van der Waals surface area contributed by atoms with Gasteiger partial charge in [0, 0.05) is 5.54 Å². The lowest BCUT2D eigenvalue weighted by Crippen LogP contribution is -1.85. The molecule has 1 rings (SSSR count). The lowest BCUT2D eigenvalue weighted by atomic mass is 10.5. The third-order valence-corrected chi connectivity index (χ3v) is 1.91. The highest BCUT2D eigenvalue weighted by Crippen LogP contribution is 2.12. The van der Waals surface area contributed by atoms with Crippen molar-refractivity contribution in [1.29, 1.82) is 0 Å². The molecule has 0 aromatic heterocycles. The molecule has 0 N–H and O–H groups in total. The molecule has 0 heterocycles. The Hall–Kier alpha value is -0.373. The van der Waals surface area contributed by atoms with Gasteiger partial charge in [0.2, 0.25) is 9.85 Å². The first-order valence-corrected chi connectivity index (χ1v) is 3.69. The standard InChI is InChI=1S/C5H7FSi/c6-7-5-3-1-2-4-5/h1-5H,7H2. The summed E-state index contributed by atoms with van der Waals surface area (Å²) in [5, 5.41) is 0. The first-order valence-electron chi connectivity index (χ1n) is 2.34. The van der Waals surface area contributed by atoms with Crippen molar-refractivity contribution in [3.05, 3.63) is 24.3 Å². The summed E-state index contributed by atoms with van der Waals surface area (Å²) in [5.74, 6) is 0. The highest BCUT2D eigenvalue weighted by atomic mass is 28.3. The van der Waals surface area contributed by atoms with Crippen LogP contribution in [0.15, 0.2) is 24.3 Å². The van der Waals surface area contributed by atoms with E-state index in [0.29, 0.717) is 0 Å². The molecule has 0 atom stereocenters. The fourth-order valence-electron chi connectivity index (χ4n) is 0.581. The van der Waals surface area contributed by atoms with Crippen molar-refractivity contribution >= 4 is 9.85 Å². The Morgan fingerprint density at radius 3 is 2.14 bits per heavy atom. The molecule has 0 spiro atoms. The van der Waals surface area contributed by atoms with Gasteiger partial charge in [-0.15, -0.1) is 0 Å². The van der Waals surface area contributed by atoms with E-state index in [4.69, 9.17) is 0 Å². The van der Waals surface area contributed by atoms with E-state index in [0.717, 1.165) is 0 Å². The maximum Gasteiger partial charge on any atom is 0.227 e. The summed E-state index contributed by atoms with van der Waals surface area (Å²) < 4.78 is 11.7. The summed E-state index contributed by atoms with van der Waals surface area (Å²) in [7, 11) is -1.28. The minimum absolute atomic E-state index is 0.208. The lowest BCUT2D eigenvalue weighted by Gasteiger charge is -1.89. The molecule has 0 bridgehead atoms. The summed E-state index contributed by atoms with van der Waals surface area (Å²) >= 11 is 0. The maximum atomic E-state index is 11.7. The van der Waals surface area contributed by atoms with Gasteiger partial charge in [0.25, 0.3) is 0 Å². The van der Waals surface area contributed by atoms with Crippen molar-refractivity contribution in [2.75, 3.05) is 0 Å². The Kier molecular flexibility index (Phi) is 1.41. The van der Waals surface area contributed by atoms with E-state index >= 15 is 0 Å². The SMILES string of the molecule is F[SiH2]C1C=CC=C1. The fourth-order valence-corrected chi connectivity index (χ4v) is 1.10. The number of rotatable bonds is 1. The van der Waals surface area contributed by atoms with Gasteiger partial charge < -0.3 is 4.11 Å². The highest BCUT2D eigenvalue weighted by molar-refractivity contribution is 6.30. The molecule has 0 nitrogen and oxygen atoms in total. The molecular formula is C5H7FSi. The third kappa shape index (κ3) is 0.995. The van der Waals surface area contributed by atoms with Crippen LogP contribution in [0.5, 0.6) is 0 Å². The van der Waals surface area contributed by atoms with Crippen LogP contribution >= 0.6 is 0 Å². The van der Waals surface area contributed by atoms with E-state index in [1.165, 1.54) is 0 Å². The van der Waals surface area contributed by atoms with Crippen LogP contribution in [0, 0.1) is 0 Å². The van der Waals surface area contributed by atoms with Crippen molar-refractivity contribution in [3.63, 3.8) is 0 Å². The van der Waals surface area contributed by atoms with Crippen LogP contribution in [-0.4, -0.2) is 9.85 Å². The van der Waals surface area contributed by atoms with Crippen molar-refractivity contribution in [3.8, 4) is 0 Å². The zero-order valence-electron chi connectivity index (χ0n) is 3.97. The van der Waals surface area contributed by atoms with Crippen LogP contribution in [0.25, 0.3) is 0 Å². The Balaban J connectivity index is 2.44. The van der Waals surface area contributed by atoms with E-state index < -0.39 is 9.85 Å². The average Bonchev–Trinajstić information content (AvgIpc) is 2.14. The molecule has 0 aliphatic heterocycles. The van der Waals surface area contributed by atoms with Crippen LogP contribution in [0.1, 0.15) is 0 Å². The second-order valence-electron chi connectivity index (χ2n) is 1.59. The van der Waals surface area contributed by atoms with Crippen LogP contribution in [0.3, 0.4) is 0 Å². The zero-order valence-corrected chi connectivity index (χ0v) is 5.39. The predicted molar refractivity (Wildman–Crippen MR) is 31.7 cm³/mol. The van der Waals surface area contributed by atoms with Gasteiger partial charge in [-0.3, -0.25) is 0 Å². The van der Waals surface area contributed by atoms with Gasteiger partial charge in [0.15, 0.2) is 0 Å². The maximum absolute atomic E-state index is 11.7. The number of hydrogen-bond acceptors (Lipinski definition) is 0. The van der Waals surface area contributed by atoms with Gasteiger partial charge in [-0.05, 0) is 0 Å². The number of allylic oxidation sites excluding steroid dienone is 4. The third-order valence-electron chi connectivity index (χ3n) is 1.01. The van der Waals surface area contributed by atoms with Gasteiger partial charge >= 0.3 is 0 Å². The van der Waals surface area contributed by atoms with Gasteiger partial charge in [-0.1, -0.05) is 24.3 Å². The lowest BCUT2D eigenvalue weighted by molar-refractivity contribution is 0.855. The van der Waals surface area contributed by atoms with Crippen molar-refractivity contribution < 1.29 is 4.11 Å². The topological polar surface area (TPSA) is 0 Å². The van der Waals surface area contributed by atoms with E-state index in [1.807, 2.05) is 24.3 Å². The Labute approximate surface area is 44.7 Å². The van der Waals surface area contributed by atoms with E-state index in [1.54, 1.807) is 0 Å². The molecule has 7 heavy (non-hydrogen) atoms. The molecule has 0 aromatic carbocycles. The molecule has 0 saturated carbocycles. The average molecular weight is 114 g/mol. The van der Waals surface area contributed by atoms with Crippen LogP contribution in [-0.2, 0) is 0 Å². The molecule has 38 valence electrons. The van der Waals surface area contributed by atoms with E-state index in [2.05, 4.69) is 0 Å². The summed E-state index contributed by atoms with van der Waals surface area (Å²) in [6.45, 7) is 0. The van der Waals surface area contributed by atoms with Crippen LogP contribution in [0.2, 0.25) is 5.54 Å². The predicted octanol–water partition coefficient (Wildman–Crippen LogP) is 0.954. The number of hydrogen-bond donors (Lipinski definition) is 0. The quantitative estimate of drug-likeness (QED) is 0.352. The van der Waals surface area contributed by atoms with Gasteiger partial charge in [0.05, 0.1) is 0 Å². The summed E-state index contributed by atoms with van der Waals surface area (Å²) in [6.07, 6.45) is 7.62. The number of halogens is 1. The van der Waals surface area contributed by atoms with E-state index in [9.17, 15) is 4.11 Å². The van der Waals surface area contributed by atoms with Crippen molar-refractivity contribution in [2.45, 2.75) is 5.54 Å². The Bertz CT molecular complexity index is 94.6. The van der Waals surface area contributed by atoms with Gasteiger partial charge in [0.1, 0.15) is 0 Å². The first-order chi connectivity index (χ1) is 3.43. The fraction of sp³-hybridized carbons (Fsp3) is 0.200. The normalized spacial score (nSPS) is 20.7. The molecule has 0 saturated heterocycles. The Morgan fingerprint density at radius 1 is 1.29 bits per heavy atom. The minimum atomic E-state index is -1.28. The van der Waals surface area contributed by atoms with Crippen molar-refractivity contribution in [2.24, 2.45) is 0 Å². The molecule has 1 aliphatic rings. The molecular weight excluding hydrogens is 107 g/mol. The molecule has 0 unspecified atom stereocenters. The summed E-state index contributed by atoms with van der Waals surface area (Å²) in [4.78, 5) is 0. The van der Waals surface area contributed by atoms with Gasteiger partial charge in [-0.25, -0.2) is 0 Å². The molecule has 2 heteroatoms.